The third kappa shape index (κ3) is 3.49. The predicted molar refractivity (Wildman–Crippen MR) is 72.4 cm³/mol. The lowest BCUT2D eigenvalue weighted by Crippen LogP contribution is -2.47. The molecule has 1 aliphatic rings. The Hall–Kier alpha value is -1.04. The van der Waals surface area contributed by atoms with Crippen molar-refractivity contribution < 1.29 is 14.3 Å². The number of aliphatic hydroxyl groups excluding tert-OH is 1. The molecule has 1 fully saturated rings. The fraction of sp³-hybridized carbons (Fsp3) is 0.615. The van der Waals surface area contributed by atoms with E-state index in [0.29, 0.717) is 6.54 Å². The van der Waals surface area contributed by atoms with Gasteiger partial charge in [0.1, 0.15) is 0 Å². The highest BCUT2D eigenvalue weighted by Crippen LogP contribution is 2.20. The van der Waals surface area contributed by atoms with Crippen LogP contribution < -0.4 is 0 Å². The van der Waals surface area contributed by atoms with Crippen molar-refractivity contribution in [1.29, 1.82) is 0 Å². The summed E-state index contributed by atoms with van der Waals surface area (Å²) in [6.45, 7) is 2.19. The van der Waals surface area contributed by atoms with E-state index < -0.39 is 0 Å². The van der Waals surface area contributed by atoms with Crippen molar-refractivity contribution in [2.45, 2.75) is 18.9 Å². The zero-order valence-corrected chi connectivity index (χ0v) is 11.8. The molecule has 0 bridgehead atoms. The van der Waals surface area contributed by atoms with Gasteiger partial charge in [0.05, 0.1) is 6.61 Å². The van der Waals surface area contributed by atoms with Crippen molar-refractivity contribution in [3.05, 3.63) is 23.1 Å². The first-order valence-electron chi connectivity index (χ1n) is 6.47. The molecule has 19 heavy (non-hydrogen) atoms. The van der Waals surface area contributed by atoms with Gasteiger partial charge in [-0.2, -0.15) is 0 Å². The van der Waals surface area contributed by atoms with Crippen molar-refractivity contribution >= 4 is 17.5 Å². The zero-order valence-electron chi connectivity index (χ0n) is 11.0. The summed E-state index contributed by atoms with van der Waals surface area (Å²) in [5.74, 6) is 0.0351. The summed E-state index contributed by atoms with van der Waals surface area (Å²) in [6, 6.07) is 3.28. The van der Waals surface area contributed by atoms with Gasteiger partial charge in [-0.15, -0.1) is 0 Å². The molecule has 1 aromatic heterocycles. The maximum absolute atomic E-state index is 12.4. The number of halogens is 1. The van der Waals surface area contributed by atoms with Gasteiger partial charge in [0.15, 0.2) is 11.0 Å². The van der Waals surface area contributed by atoms with Crippen molar-refractivity contribution in [3.63, 3.8) is 0 Å². The van der Waals surface area contributed by atoms with E-state index in [1.807, 2.05) is 0 Å². The second kappa shape index (κ2) is 6.41. The molecule has 5 nitrogen and oxygen atoms in total. The third-order valence-corrected chi connectivity index (χ3v) is 3.72. The largest absolute Gasteiger partial charge is 0.440 e. The minimum Gasteiger partial charge on any atom is -0.440 e. The van der Waals surface area contributed by atoms with Gasteiger partial charge < -0.3 is 19.3 Å². The molecule has 0 aliphatic carbocycles. The molecule has 1 saturated heterocycles. The van der Waals surface area contributed by atoms with Gasteiger partial charge in [0.25, 0.3) is 5.91 Å². The van der Waals surface area contributed by atoms with Crippen LogP contribution in [0, 0.1) is 0 Å². The first kappa shape index (κ1) is 14.4. The average Bonchev–Trinajstić information content (AvgIpc) is 2.83. The Bertz CT molecular complexity index is 427. The third-order valence-electron chi connectivity index (χ3n) is 3.51. The van der Waals surface area contributed by atoms with E-state index in [9.17, 15) is 4.79 Å². The predicted octanol–water partition coefficient (Wildman–Crippen LogP) is 1.46. The molecular weight excluding hydrogens is 268 g/mol. The molecule has 1 N–H and O–H groups in total. The van der Waals surface area contributed by atoms with E-state index in [0.717, 1.165) is 25.9 Å². The van der Waals surface area contributed by atoms with Crippen LogP contribution in [0.5, 0.6) is 0 Å². The SMILES string of the molecule is CN1CCC(N(CCO)C(=O)c2ccc(Cl)o2)CC1. The minimum atomic E-state index is -0.199. The van der Waals surface area contributed by atoms with Gasteiger partial charge >= 0.3 is 0 Å². The van der Waals surface area contributed by atoms with Gasteiger partial charge in [-0.1, -0.05) is 0 Å². The summed E-state index contributed by atoms with van der Waals surface area (Å²) in [7, 11) is 2.07. The van der Waals surface area contributed by atoms with E-state index in [-0.39, 0.29) is 29.5 Å². The second-order valence-corrected chi connectivity index (χ2v) is 5.23. The molecule has 2 heterocycles. The maximum Gasteiger partial charge on any atom is 0.289 e. The van der Waals surface area contributed by atoms with Crippen LogP contribution >= 0.6 is 11.6 Å². The van der Waals surface area contributed by atoms with Crippen LogP contribution in [-0.2, 0) is 0 Å². The molecule has 1 aromatic rings. The molecule has 0 unspecified atom stereocenters. The first-order valence-corrected chi connectivity index (χ1v) is 6.85. The molecule has 2 rings (SSSR count). The van der Waals surface area contributed by atoms with Crippen molar-refractivity contribution in [2.75, 3.05) is 33.3 Å². The number of rotatable bonds is 4. The molecule has 106 valence electrons. The number of carbonyl (C=O) groups is 1. The summed E-state index contributed by atoms with van der Waals surface area (Å²) in [6.07, 6.45) is 1.83. The molecular formula is C13H19ClN2O3. The number of piperidine rings is 1. The smallest absolute Gasteiger partial charge is 0.289 e. The van der Waals surface area contributed by atoms with Crippen molar-refractivity contribution in [3.8, 4) is 0 Å². The van der Waals surface area contributed by atoms with Crippen LogP contribution in [0.25, 0.3) is 0 Å². The molecule has 6 heteroatoms. The van der Waals surface area contributed by atoms with E-state index in [4.69, 9.17) is 21.1 Å². The molecule has 1 aliphatic heterocycles. The summed E-state index contributed by atoms with van der Waals surface area (Å²) in [5, 5.41) is 9.36. The van der Waals surface area contributed by atoms with E-state index >= 15 is 0 Å². The molecule has 1 amide bonds. The Morgan fingerprint density at radius 3 is 2.74 bits per heavy atom. The van der Waals surface area contributed by atoms with E-state index in [2.05, 4.69) is 11.9 Å². The summed E-state index contributed by atoms with van der Waals surface area (Å²) >= 11 is 5.70. The van der Waals surface area contributed by atoms with E-state index in [1.54, 1.807) is 17.0 Å². The number of hydrogen-bond acceptors (Lipinski definition) is 4. The van der Waals surface area contributed by atoms with Gasteiger partial charge in [0.2, 0.25) is 0 Å². The maximum atomic E-state index is 12.4. The normalized spacial score (nSPS) is 17.6. The standard InChI is InChI=1S/C13H19ClN2O3/c1-15-6-4-10(5-7-15)16(8-9-17)13(18)11-2-3-12(14)19-11/h2-3,10,17H,4-9H2,1H3. The number of furan rings is 1. The fourth-order valence-electron chi connectivity index (χ4n) is 2.44. The van der Waals surface area contributed by atoms with Crippen LogP contribution in [0.2, 0.25) is 5.22 Å². The monoisotopic (exact) mass is 286 g/mol. The summed E-state index contributed by atoms with van der Waals surface area (Å²) in [4.78, 5) is 16.3. The summed E-state index contributed by atoms with van der Waals surface area (Å²) < 4.78 is 5.17. The van der Waals surface area contributed by atoms with Gasteiger partial charge in [-0.25, -0.2) is 0 Å². The van der Waals surface area contributed by atoms with Crippen LogP contribution in [0.1, 0.15) is 23.4 Å². The Balaban J connectivity index is 2.08. The highest BCUT2D eigenvalue weighted by molar-refractivity contribution is 6.29. The van der Waals surface area contributed by atoms with Crippen molar-refractivity contribution in [1.82, 2.24) is 9.80 Å². The summed E-state index contributed by atoms with van der Waals surface area (Å²) in [5.41, 5.74) is 0. The van der Waals surface area contributed by atoms with Crippen LogP contribution in [0.3, 0.4) is 0 Å². The lowest BCUT2D eigenvalue weighted by molar-refractivity contribution is 0.0510. The number of likely N-dealkylation sites (tertiary alicyclic amines) is 1. The fourth-order valence-corrected chi connectivity index (χ4v) is 2.58. The van der Waals surface area contributed by atoms with Crippen molar-refractivity contribution in [2.24, 2.45) is 0 Å². The Labute approximate surface area is 117 Å². The van der Waals surface area contributed by atoms with Gasteiger partial charge in [-0.3, -0.25) is 4.79 Å². The number of aliphatic hydroxyl groups is 1. The molecule has 0 aromatic carbocycles. The number of nitrogens with zero attached hydrogens (tertiary/aromatic N) is 2. The van der Waals surface area contributed by atoms with Gasteiger partial charge in [0, 0.05) is 12.6 Å². The number of hydrogen-bond donors (Lipinski definition) is 1. The van der Waals surface area contributed by atoms with Gasteiger partial charge in [-0.05, 0) is 56.7 Å². The van der Waals surface area contributed by atoms with Crippen LogP contribution in [-0.4, -0.2) is 60.1 Å². The average molecular weight is 287 g/mol. The quantitative estimate of drug-likeness (QED) is 0.910. The number of amides is 1. The highest BCUT2D eigenvalue weighted by atomic mass is 35.5. The molecule has 0 radical (unpaired) electrons. The van der Waals surface area contributed by atoms with E-state index in [1.165, 1.54) is 0 Å². The Morgan fingerprint density at radius 2 is 2.21 bits per heavy atom. The lowest BCUT2D eigenvalue weighted by Gasteiger charge is -2.36. The highest BCUT2D eigenvalue weighted by Gasteiger charge is 2.28. The molecule has 0 saturated carbocycles. The van der Waals surface area contributed by atoms with Crippen LogP contribution in [0.15, 0.2) is 16.5 Å². The Kier molecular flexibility index (Phi) is 4.85. The van der Waals surface area contributed by atoms with Crippen LogP contribution in [0.4, 0.5) is 0 Å². The number of carbonyl (C=O) groups excluding carboxylic acids is 1. The molecule has 0 spiro atoms. The topological polar surface area (TPSA) is 56.9 Å². The minimum absolute atomic E-state index is 0.0491. The Morgan fingerprint density at radius 1 is 1.53 bits per heavy atom. The zero-order chi connectivity index (χ0) is 13.8. The second-order valence-electron chi connectivity index (χ2n) is 4.86. The lowest BCUT2D eigenvalue weighted by atomic mass is 10.0. The first-order chi connectivity index (χ1) is 9.11. The molecule has 0 atom stereocenters.